The molecule has 0 aromatic rings. The van der Waals surface area contributed by atoms with Gasteiger partial charge < -0.3 is 0 Å². The van der Waals surface area contributed by atoms with Crippen LogP contribution in [0, 0.1) is 5.41 Å². The second-order valence-corrected chi connectivity index (χ2v) is 8.62. The van der Waals surface area contributed by atoms with E-state index in [0.29, 0.717) is 11.5 Å². The summed E-state index contributed by atoms with van der Waals surface area (Å²) in [5, 5.41) is 0. The molecule has 0 bridgehead atoms. The summed E-state index contributed by atoms with van der Waals surface area (Å²) in [5.74, 6) is 0. The van der Waals surface area contributed by atoms with E-state index in [2.05, 4.69) is 38.3 Å². The van der Waals surface area contributed by atoms with Crippen LogP contribution in [-0.2, 0) is 0 Å². The van der Waals surface area contributed by atoms with E-state index in [1.165, 1.54) is 25.8 Å². The maximum atomic E-state index is 3.94. The first-order valence-corrected chi connectivity index (χ1v) is 8.26. The fraction of sp³-hybridized carbons (Fsp3) is 0.750. The van der Waals surface area contributed by atoms with Crippen molar-refractivity contribution in [3.05, 3.63) is 12.7 Å². The van der Waals surface area contributed by atoms with Crippen LogP contribution in [0.15, 0.2) is 12.7 Å². The predicted molar refractivity (Wildman–Crippen MR) is 66.2 cm³/mol. The minimum atomic E-state index is 0.450. The Morgan fingerprint density at radius 1 is 1.57 bits per heavy atom. The molecule has 0 radical (unpaired) electrons. The van der Waals surface area contributed by atoms with Crippen LogP contribution < -0.4 is 0 Å². The Morgan fingerprint density at radius 3 is 2.71 bits per heavy atom. The van der Waals surface area contributed by atoms with Gasteiger partial charge in [0.25, 0.3) is 0 Å². The quantitative estimate of drug-likeness (QED) is 0.532. The van der Waals surface area contributed by atoms with Gasteiger partial charge in [0.15, 0.2) is 0 Å². The van der Waals surface area contributed by atoms with Gasteiger partial charge in [-0.1, -0.05) is 0 Å². The van der Waals surface area contributed by atoms with Crippen molar-refractivity contribution in [2.75, 3.05) is 6.54 Å². The molecule has 1 heterocycles. The molecule has 0 unspecified atom stereocenters. The predicted octanol–water partition coefficient (Wildman–Crippen LogP) is 2.10. The van der Waals surface area contributed by atoms with E-state index in [9.17, 15) is 0 Å². The normalized spacial score (nSPS) is 23.7. The van der Waals surface area contributed by atoms with Gasteiger partial charge in [0.1, 0.15) is 0 Å². The first kappa shape index (κ1) is 12.6. The van der Waals surface area contributed by atoms with Crippen LogP contribution in [0.2, 0.25) is 0 Å². The van der Waals surface area contributed by atoms with Crippen LogP contribution in [-0.4, -0.2) is 45.9 Å². The van der Waals surface area contributed by atoms with Crippen molar-refractivity contribution in [1.82, 2.24) is 4.90 Å². The zero-order chi connectivity index (χ0) is 10.8. The third kappa shape index (κ3) is 3.57. The van der Waals surface area contributed by atoms with Crippen molar-refractivity contribution in [2.24, 2.45) is 5.41 Å². The fourth-order valence-electron chi connectivity index (χ4n) is 2.14. The van der Waals surface area contributed by atoms with E-state index in [-0.39, 0.29) is 0 Å². The average Bonchev–Trinajstić information content (AvgIpc) is 2.47. The number of likely N-dealkylation sites (tertiary alicyclic amines) is 1. The molecule has 0 saturated carbocycles. The standard InChI is InChI=1S/C12H21N.Tl.H/c1-5-11-7-6-9-13(11)10-8-12(2,3)4;;/h5,11H,1,6-9H2,2-4H3;;/t11-;;/m0../s1. The molecule has 1 nitrogen and oxygen atoms in total. The number of nitrogens with zero attached hydrogens (tertiary/aromatic N) is 1. The molecule has 2 heteroatoms. The average molecular weight is 385 g/mol. The second kappa shape index (κ2) is 5.01. The maximum absolute atomic E-state index is 3.94. The second-order valence-electron chi connectivity index (χ2n) is 5.44. The van der Waals surface area contributed by atoms with Gasteiger partial charge in [-0.15, -0.1) is 0 Å². The van der Waals surface area contributed by atoms with Gasteiger partial charge >= 0.3 is 104 Å². The van der Waals surface area contributed by atoms with E-state index >= 15 is 0 Å². The van der Waals surface area contributed by atoms with Crippen LogP contribution in [0.5, 0.6) is 0 Å². The molecule has 0 spiro atoms. The van der Waals surface area contributed by atoms with Crippen molar-refractivity contribution in [2.45, 2.75) is 46.1 Å². The number of rotatable bonds is 3. The molecule has 0 N–H and O–H groups in total. The zero-order valence-corrected chi connectivity index (χ0v) is 15.3. The topological polar surface area (TPSA) is 3.24 Å². The monoisotopic (exact) mass is 385 g/mol. The molecule has 0 amide bonds. The SMILES string of the molecule is C=C[C@H]1CCCN1[C](=[TlH])CC(C)(C)C. The summed E-state index contributed by atoms with van der Waals surface area (Å²) in [5.41, 5.74) is 0.450. The Labute approximate surface area is 104 Å². The summed E-state index contributed by atoms with van der Waals surface area (Å²) in [7, 11) is 0. The fourth-order valence-corrected chi connectivity index (χ4v) is 6.59. The van der Waals surface area contributed by atoms with Crippen LogP contribution in [0.1, 0.15) is 40.0 Å². The van der Waals surface area contributed by atoms with Gasteiger partial charge in [0, 0.05) is 0 Å². The summed E-state index contributed by atoms with van der Waals surface area (Å²) in [4.78, 5) is 2.61. The molecule has 0 aliphatic carbocycles. The molecule has 1 atom stereocenters. The molecule has 1 saturated heterocycles. The Hall–Kier alpha value is 0.492. The summed E-state index contributed by atoms with van der Waals surface area (Å²) < 4.78 is 1.72. The third-order valence-electron chi connectivity index (χ3n) is 2.71. The Balaban J connectivity index is 2.56. The van der Waals surface area contributed by atoms with Crippen LogP contribution in [0.4, 0.5) is 0 Å². The van der Waals surface area contributed by atoms with Gasteiger partial charge in [-0.25, -0.2) is 0 Å². The van der Waals surface area contributed by atoms with Crippen molar-refractivity contribution in [3.63, 3.8) is 0 Å². The zero-order valence-electron chi connectivity index (χ0n) is 9.84. The van der Waals surface area contributed by atoms with Gasteiger partial charge in [0.05, 0.1) is 0 Å². The van der Waals surface area contributed by atoms with Crippen molar-refractivity contribution >= 4 is 28.5 Å². The molecule has 1 rings (SSSR count). The first-order chi connectivity index (χ1) is 6.44. The number of hydrogen-bond donors (Lipinski definition) is 0. The Morgan fingerprint density at radius 2 is 2.21 bits per heavy atom. The molecule has 78 valence electrons. The Bertz CT molecular complexity index is 227. The van der Waals surface area contributed by atoms with Gasteiger partial charge in [0.2, 0.25) is 0 Å². The minimum absolute atomic E-state index is 0.450. The van der Waals surface area contributed by atoms with E-state index in [1.807, 2.05) is 0 Å². The molecule has 0 aromatic heterocycles. The van der Waals surface area contributed by atoms with E-state index < -0.39 is 0 Å². The summed E-state index contributed by atoms with van der Waals surface area (Å²) in [6.07, 6.45) is 6.07. The molecule has 1 aliphatic heterocycles. The van der Waals surface area contributed by atoms with Crippen molar-refractivity contribution < 1.29 is 0 Å². The van der Waals surface area contributed by atoms with Crippen molar-refractivity contribution in [3.8, 4) is 0 Å². The van der Waals surface area contributed by atoms with E-state index in [1.54, 1.807) is 3.18 Å². The summed E-state index contributed by atoms with van der Waals surface area (Å²) in [6.45, 7) is 12.2. The van der Waals surface area contributed by atoms with Crippen molar-refractivity contribution in [1.29, 1.82) is 0 Å². The molecule has 1 aliphatic rings. The van der Waals surface area contributed by atoms with Gasteiger partial charge in [-0.3, -0.25) is 0 Å². The first-order valence-electron chi connectivity index (χ1n) is 5.51. The van der Waals surface area contributed by atoms with Crippen LogP contribution in [0.25, 0.3) is 0 Å². The molecular formula is C12H22NTl. The molecule has 1 fully saturated rings. The Kier molecular flexibility index (Phi) is 4.50. The third-order valence-corrected chi connectivity index (χ3v) is 5.26. The number of hydrogen-bond acceptors (Lipinski definition) is 1. The molecule has 0 aromatic carbocycles. The van der Waals surface area contributed by atoms with Gasteiger partial charge in [-0.2, -0.15) is 0 Å². The van der Waals surface area contributed by atoms with Gasteiger partial charge in [-0.05, 0) is 0 Å². The van der Waals surface area contributed by atoms with E-state index in [4.69, 9.17) is 0 Å². The summed E-state index contributed by atoms with van der Waals surface area (Å²) >= 11 is 0.772. The van der Waals surface area contributed by atoms with Crippen LogP contribution in [0.3, 0.4) is 0 Å². The molecular weight excluding hydrogens is 363 g/mol. The van der Waals surface area contributed by atoms with Crippen LogP contribution >= 0.6 is 0 Å². The summed E-state index contributed by atoms with van der Waals surface area (Å²) in [6, 6.07) is 0.643. The molecule has 14 heavy (non-hydrogen) atoms. The van der Waals surface area contributed by atoms with E-state index in [0.717, 1.165) is 25.3 Å².